The molecule has 0 saturated carbocycles. The van der Waals surface area contributed by atoms with Gasteiger partial charge in [0.1, 0.15) is 11.1 Å². The lowest BCUT2D eigenvalue weighted by Gasteiger charge is -2.03. The molecule has 5 aromatic rings. The van der Waals surface area contributed by atoms with Gasteiger partial charge in [-0.2, -0.15) is 0 Å². The first-order chi connectivity index (χ1) is 12.3. The van der Waals surface area contributed by atoms with E-state index < -0.39 is 0 Å². The van der Waals surface area contributed by atoms with Crippen LogP contribution in [-0.2, 0) is 13.6 Å². The summed E-state index contributed by atoms with van der Waals surface area (Å²) in [5, 5.41) is 4.05. The first-order valence-electron chi connectivity index (χ1n) is 8.67. The topological polar surface area (TPSA) is 12.2 Å². The van der Waals surface area contributed by atoms with E-state index in [0.717, 1.165) is 6.54 Å². The van der Waals surface area contributed by atoms with Crippen molar-refractivity contribution in [3.05, 3.63) is 78.4 Å². The second kappa shape index (κ2) is 4.45. The molecule has 0 aliphatic carbocycles. The van der Waals surface area contributed by atoms with Crippen LogP contribution in [0.15, 0.2) is 72.8 Å². The Morgan fingerprint density at radius 1 is 0.800 bits per heavy atom. The van der Waals surface area contributed by atoms with E-state index in [0.29, 0.717) is 0 Å². The van der Waals surface area contributed by atoms with Gasteiger partial charge in [0.05, 0.1) is 5.39 Å². The van der Waals surface area contributed by atoms with Crippen LogP contribution in [0.25, 0.3) is 38.7 Å². The fourth-order valence-electron chi connectivity index (χ4n) is 4.50. The molecule has 118 valence electrons. The van der Waals surface area contributed by atoms with E-state index in [1.54, 1.807) is 0 Å². The van der Waals surface area contributed by atoms with Gasteiger partial charge < -0.3 is 0 Å². The highest BCUT2D eigenvalue weighted by atomic mass is 15.4. The van der Waals surface area contributed by atoms with Crippen LogP contribution in [0.3, 0.4) is 0 Å². The minimum absolute atomic E-state index is 0.928. The van der Waals surface area contributed by atoms with Crippen LogP contribution < -0.4 is 9.25 Å². The zero-order valence-corrected chi connectivity index (χ0v) is 14.0. The number of nitrogens with zero attached hydrogens (tertiary/aromatic N) is 3. The van der Waals surface area contributed by atoms with Gasteiger partial charge in [-0.15, -0.1) is 4.57 Å². The number of aromatic nitrogens is 3. The Morgan fingerprint density at radius 2 is 1.56 bits per heavy atom. The Hall–Kier alpha value is -3.20. The molecule has 0 spiro atoms. The van der Waals surface area contributed by atoms with Crippen LogP contribution in [0.4, 0.5) is 0 Å². The highest BCUT2D eigenvalue weighted by Crippen LogP contribution is 2.33. The van der Waals surface area contributed by atoms with Crippen molar-refractivity contribution in [3.63, 3.8) is 0 Å². The molecular weight excluding hydrogens is 306 g/mol. The van der Waals surface area contributed by atoms with Crippen molar-refractivity contribution in [2.24, 2.45) is 7.05 Å². The van der Waals surface area contributed by atoms with Crippen molar-refractivity contribution >= 4 is 27.3 Å². The van der Waals surface area contributed by atoms with Gasteiger partial charge in [-0.05, 0) is 22.9 Å². The van der Waals surface area contributed by atoms with Crippen molar-refractivity contribution in [1.82, 2.24) is 4.52 Å². The zero-order valence-electron chi connectivity index (χ0n) is 14.0. The van der Waals surface area contributed by atoms with E-state index in [-0.39, 0.29) is 0 Å². The number of pyridine rings is 1. The van der Waals surface area contributed by atoms with Crippen molar-refractivity contribution in [1.29, 1.82) is 0 Å². The first-order valence-corrected chi connectivity index (χ1v) is 8.67. The van der Waals surface area contributed by atoms with E-state index in [4.69, 9.17) is 0 Å². The molecule has 6 rings (SSSR count). The van der Waals surface area contributed by atoms with Gasteiger partial charge >= 0.3 is 11.5 Å². The van der Waals surface area contributed by atoms with Gasteiger partial charge in [0, 0.05) is 16.3 Å². The van der Waals surface area contributed by atoms with Gasteiger partial charge in [0.25, 0.3) is 0 Å². The Bertz CT molecular complexity index is 1300. The number of hydrogen-bond acceptors (Lipinski definition) is 0. The minimum atomic E-state index is 0.928. The van der Waals surface area contributed by atoms with Crippen molar-refractivity contribution in [2.45, 2.75) is 6.54 Å². The number of rotatable bonds is 1. The van der Waals surface area contributed by atoms with Gasteiger partial charge in [0.2, 0.25) is 0 Å². The summed E-state index contributed by atoms with van der Waals surface area (Å²) in [5.74, 6) is 1.24. The van der Waals surface area contributed by atoms with Crippen molar-refractivity contribution in [2.75, 3.05) is 0 Å². The van der Waals surface area contributed by atoms with E-state index >= 15 is 0 Å². The predicted octanol–water partition coefficient (Wildman–Crippen LogP) is 3.39. The monoisotopic (exact) mass is 323 g/mol. The quantitative estimate of drug-likeness (QED) is 0.325. The number of fused-ring (bicyclic) bond motifs is 3. The largest absolute Gasteiger partial charge is 0.476 e. The molecule has 0 atom stereocenters. The number of para-hydroxylation sites is 1. The molecule has 0 unspecified atom stereocenters. The van der Waals surface area contributed by atoms with Gasteiger partial charge in [-0.1, -0.05) is 59.1 Å². The number of aryl methyl sites for hydroxylation is 1. The summed E-state index contributed by atoms with van der Waals surface area (Å²) >= 11 is 0. The summed E-state index contributed by atoms with van der Waals surface area (Å²) in [4.78, 5) is 0. The van der Waals surface area contributed by atoms with Crippen molar-refractivity contribution in [3.8, 4) is 11.4 Å². The minimum Gasteiger partial charge on any atom is -0.109 e. The highest BCUT2D eigenvalue weighted by molar-refractivity contribution is 6.12. The third kappa shape index (κ3) is 1.51. The summed E-state index contributed by atoms with van der Waals surface area (Å²) in [6.07, 6.45) is 0. The zero-order chi connectivity index (χ0) is 16.5. The Balaban J connectivity index is 1.93. The molecule has 25 heavy (non-hydrogen) atoms. The SMILES string of the molecule is C[n+]1c(-c2ccccc2)[n+]2c3c4c(cccc4c4ccccc4n31)C2. The average molecular weight is 323 g/mol. The summed E-state index contributed by atoms with van der Waals surface area (Å²) < 4.78 is 7.12. The summed E-state index contributed by atoms with van der Waals surface area (Å²) in [7, 11) is 2.16. The smallest absolute Gasteiger partial charge is 0.109 e. The van der Waals surface area contributed by atoms with Crippen LogP contribution >= 0.6 is 0 Å². The predicted molar refractivity (Wildman–Crippen MR) is 98.3 cm³/mol. The second-order valence-corrected chi connectivity index (χ2v) is 6.79. The third-order valence-electron chi connectivity index (χ3n) is 5.48. The Kier molecular flexibility index (Phi) is 2.34. The second-order valence-electron chi connectivity index (χ2n) is 6.79. The fourth-order valence-corrected chi connectivity index (χ4v) is 4.50. The number of hydrogen-bond donors (Lipinski definition) is 0. The maximum Gasteiger partial charge on any atom is 0.476 e. The van der Waals surface area contributed by atoms with E-state index in [2.05, 4.69) is 93.6 Å². The van der Waals surface area contributed by atoms with E-state index in [1.807, 2.05) is 0 Å². The molecule has 3 nitrogen and oxygen atoms in total. The van der Waals surface area contributed by atoms with Crippen LogP contribution in [0, 0.1) is 0 Å². The molecule has 0 saturated heterocycles. The van der Waals surface area contributed by atoms with Crippen LogP contribution in [0.1, 0.15) is 5.56 Å². The summed E-state index contributed by atoms with van der Waals surface area (Å²) in [6.45, 7) is 0.928. The molecular formula is C22H17N3+2. The molecule has 3 aromatic carbocycles. The number of benzene rings is 3. The fraction of sp³-hybridized carbons (Fsp3) is 0.0909. The average Bonchev–Trinajstić information content (AvgIpc) is 3.16. The molecule has 1 aliphatic rings. The maximum absolute atomic E-state index is 2.46. The summed E-state index contributed by atoms with van der Waals surface area (Å²) in [6, 6.07) is 26.1. The van der Waals surface area contributed by atoms with Crippen molar-refractivity contribution < 1.29 is 9.25 Å². The normalized spacial score (nSPS) is 12.8. The maximum atomic E-state index is 2.46. The molecule has 1 aliphatic heterocycles. The van der Waals surface area contributed by atoms with E-state index in [1.165, 1.54) is 44.3 Å². The summed E-state index contributed by atoms with van der Waals surface area (Å²) in [5.41, 5.74) is 5.21. The molecule has 0 fully saturated rings. The molecule has 0 N–H and O–H groups in total. The molecule has 3 heteroatoms. The first kappa shape index (κ1) is 13.1. The molecule has 2 aromatic heterocycles. The lowest BCUT2D eigenvalue weighted by Crippen LogP contribution is -2.43. The Morgan fingerprint density at radius 3 is 2.44 bits per heavy atom. The molecule has 0 radical (unpaired) electrons. The standard InChI is InChI=1S/C22H17N3/c1-23-21(15-8-3-2-4-9-15)24-14-16-10-7-12-18-17-11-5-6-13-19(17)25(23)22(24)20(16)18/h2-13H,14H2,1H3/q+2. The van der Waals surface area contributed by atoms with Crippen LogP contribution in [0.5, 0.6) is 0 Å². The van der Waals surface area contributed by atoms with Crippen LogP contribution in [-0.4, -0.2) is 4.52 Å². The lowest BCUT2D eigenvalue weighted by atomic mass is 10.0. The Labute approximate surface area is 145 Å². The van der Waals surface area contributed by atoms with Gasteiger partial charge in [-0.25, -0.2) is 0 Å². The van der Waals surface area contributed by atoms with Gasteiger partial charge in [-0.3, -0.25) is 0 Å². The van der Waals surface area contributed by atoms with Crippen LogP contribution in [0.2, 0.25) is 0 Å². The highest BCUT2D eigenvalue weighted by Gasteiger charge is 2.40. The molecule has 0 bridgehead atoms. The third-order valence-corrected chi connectivity index (χ3v) is 5.48. The van der Waals surface area contributed by atoms with Gasteiger partial charge in [0.15, 0.2) is 13.6 Å². The van der Waals surface area contributed by atoms with E-state index in [9.17, 15) is 0 Å². The molecule has 3 heterocycles. The lowest BCUT2D eigenvalue weighted by molar-refractivity contribution is -0.781. The molecule has 0 amide bonds.